The number of hydrogen-bond donors (Lipinski definition) is 0. The number of halogens is 2. The van der Waals surface area contributed by atoms with Gasteiger partial charge in [0.2, 0.25) is 0 Å². The topological polar surface area (TPSA) is 0 Å². The Labute approximate surface area is 91.3 Å². The average Bonchev–Trinajstić information content (AvgIpc) is 2.30. The molecule has 1 aromatic carbocycles. The average molecular weight is 346 g/mol. The van der Waals surface area contributed by atoms with Gasteiger partial charge in [-0.25, -0.2) is 0 Å². The van der Waals surface area contributed by atoms with Crippen LogP contribution in [-0.4, -0.2) is 0 Å². The van der Waals surface area contributed by atoms with Gasteiger partial charge in [0.15, 0.2) is 0 Å². The molecule has 0 radical (unpaired) electrons. The zero-order chi connectivity index (χ0) is 7.84. The fourth-order valence-corrected chi connectivity index (χ4v) is 2.61. The number of allylic oxidation sites excluding steroid dienone is 1. The Morgan fingerprint density at radius 3 is 2.38 bits per heavy atom. The molecule has 0 nitrogen and oxygen atoms in total. The van der Waals surface area contributed by atoms with E-state index in [4.69, 9.17) is 0 Å². The maximum atomic E-state index is 2.34. The third-order valence-corrected chi connectivity index (χ3v) is 4.31. The minimum atomic E-state index is 0. The quantitative estimate of drug-likeness (QED) is 0.432. The molecule has 0 N–H and O–H groups in total. The van der Waals surface area contributed by atoms with E-state index in [2.05, 4.69) is 37.3 Å². The van der Waals surface area contributed by atoms with Gasteiger partial charge >= 0.3 is 82.0 Å². The number of hydrogen-bond acceptors (Lipinski definition) is 0. The molecule has 2 rings (SSSR count). The number of benzene rings is 1. The standard InChI is InChI=1S/C10H9.2FH.Hf/c1-8-6-7-9-4-2-3-5-10(8)9;;;/h2-5,7-8H,1H3;2*1H;/q;;;+2/p-2. The van der Waals surface area contributed by atoms with Crippen molar-refractivity contribution in [2.45, 2.75) is 12.8 Å². The summed E-state index contributed by atoms with van der Waals surface area (Å²) in [5.41, 5.74) is 2.95. The Kier molecular flexibility index (Phi) is 4.68. The zero-order valence-electron chi connectivity index (χ0n) is 7.22. The van der Waals surface area contributed by atoms with Gasteiger partial charge in [-0.1, -0.05) is 0 Å². The molecule has 1 aliphatic rings. The summed E-state index contributed by atoms with van der Waals surface area (Å²) in [5.74, 6) is 0.692. The molecular weight excluding hydrogens is 337 g/mol. The molecule has 0 heterocycles. The second-order valence-corrected chi connectivity index (χ2v) is 5.02. The second kappa shape index (κ2) is 4.80. The summed E-state index contributed by atoms with van der Waals surface area (Å²) in [4.78, 5) is 0. The Morgan fingerprint density at radius 1 is 1.15 bits per heavy atom. The first-order valence-electron chi connectivity index (χ1n) is 3.81. The molecule has 67 valence electrons. The van der Waals surface area contributed by atoms with Crippen molar-refractivity contribution >= 4 is 6.08 Å². The molecule has 0 saturated heterocycles. The van der Waals surface area contributed by atoms with Crippen molar-refractivity contribution in [2.24, 2.45) is 0 Å². The minimum Gasteiger partial charge on any atom is -1.00 e. The van der Waals surface area contributed by atoms with Crippen molar-refractivity contribution in [3.63, 3.8) is 0 Å². The van der Waals surface area contributed by atoms with E-state index in [0.29, 0.717) is 5.92 Å². The Morgan fingerprint density at radius 2 is 1.77 bits per heavy atom. The van der Waals surface area contributed by atoms with Crippen LogP contribution < -0.4 is 9.41 Å². The molecule has 13 heavy (non-hydrogen) atoms. The fraction of sp³-hybridized carbons (Fsp3) is 0.200. The van der Waals surface area contributed by atoms with Crippen LogP contribution in [0.3, 0.4) is 0 Å². The molecule has 3 heteroatoms. The van der Waals surface area contributed by atoms with Crippen LogP contribution in [0.15, 0.2) is 27.6 Å². The Balaban J connectivity index is 0.000000720. The molecular formula is C10H9F2Hf. The van der Waals surface area contributed by atoms with Gasteiger partial charge in [-0.3, -0.25) is 0 Å². The molecule has 1 atom stereocenters. The monoisotopic (exact) mass is 347 g/mol. The van der Waals surface area contributed by atoms with Crippen molar-refractivity contribution in [3.05, 3.63) is 38.7 Å². The summed E-state index contributed by atoms with van der Waals surface area (Å²) in [6.45, 7) is 2.30. The third kappa shape index (κ3) is 2.13. The third-order valence-electron chi connectivity index (χ3n) is 2.24. The molecule has 1 aromatic rings. The van der Waals surface area contributed by atoms with Crippen LogP contribution in [0.5, 0.6) is 0 Å². The van der Waals surface area contributed by atoms with Crippen LogP contribution in [0.4, 0.5) is 0 Å². The molecule has 0 saturated carbocycles. The van der Waals surface area contributed by atoms with Gasteiger partial charge in [0, 0.05) is 0 Å². The summed E-state index contributed by atoms with van der Waals surface area (Å²) < 4.78 is 1.62. The van der Waals surface area contributed by atoms with E-state index >= 15 is 0 Å². The SMILES string of the molecule is CC1[C]([Hf+2])=Cc2ccccc21.[F-].[F-]. The van der Waals surface area contributed by atoms with Gasteiger partial charge in [-0.05, 0) is 0 Å². The number of fused-ring (bicyclic) bond motifs is 1. The predicted octanol–water partition coefficient (Wildman–Crippen LogP) is -3.30. The van der Waals surface area contributed by atoms with E-state index in [9.17, 15) is 0 Å². The molecule has 1 unspecified atom stereocenters. The predicted molar refractivity (Wildman–Crippen MR) is 42.8 cm³/mol. The number of rotatable bonds is 0. The maximum absolute atomic E-state index is 2.34. The van der Waals surface area contributed by atoms with Crippen molar-refractivity contribution in [2.75, 3.05) is 0 Å². The van der Waals surface area contributed by atoms with Crippen LogP contribution in [0, 0.1) is 0 Å². The van der Waals surface area contributed by atoms with E-state index in [1.807, 2.05) is 0 Å². The van der Waals surface area contributed by atoms with Crippen molar-refractivity contribution in [1.29, 1.82) is 0 Å². The molecule has 0 bridgehead atoms. The molecule has 0 aliphatic heterocycles. The van der Waals surface area contributed by atoms with Crippen LogP contribution in [0.1, 0.15) is 24.0 Å². The van der Waals surface area contributed by atoms with Crippen molar-refractivity contribution < 1.29 is 33.8 Å². The molecule has 0 amide bonds. The van der Waals surface area contributed by atoms with Crippen molar-refractivity contribution in [1.82, 2.24) is 0 Å². The van der Waals surface area contributed by atoms with E-state index in [1.165, 1.54) is 35.5 Å². The van der Waals surface area contributed by atoms with E-state index < -0.39 is 0 Å². The van der Waals surface area contributed by atoms with Gasteiger partial charge < -0.3 is 9.41 Å². The van der Waals surface area contributed by atoms with Crippen LogP contribution in [0.25, 0.3) is 6.08 Å². The van der Waals surface area contributed by atoms with Crippen molar-refractivity contribution in [3.8, 4) is 0 Å². The summed E-state index contributed by atoms with van der Waals surface area (Å²) in [6.07, 6.45) is 2.34. The molecule has 0 aromatic heterocycles. The molecule has 0 fully saturated rings. The first-order chi connectivity index (χ1) is 5.29. The van der Waals surface area contributed by atoms with Gasteiger partial charge in [-0.2, -0.15) is 0 Å². The summed E-state index contributed by atoms with van der Waals surface area (Å²) in [7, 11) is 0. The van der Waals surface area contributed by atoms with E-state index in [0.717, 1.165) is 0 Å². The van der Waals surface area contributed by atoms with Crippen LogP contribution in [-0.2, 0) is 24.4 Å². The van der Waals surface area contributed by atoms with Gasteiger partial charge in [0.25, 0.3) is 0 Å². The summed E-state index contributed by atoms with van der Waals surface area (Å²) in [5, 5.41) is 0. The molecule has 1 aliphatic carbocycles. The smallest absolute Gasteiger partial charge is 1.00 e. The van der Waals surface area contributed by atoms with Gasteiger partial charge in [0.1, 0.15) is 0 Å². The fourth-order valence-electron chi connectivity index (χ4n) is 1.50. The van der Waals surface area contributed by atoms with E-state index in [1.54, 1.807) is 3.33 Å². The first kappa shape index (κ1) is 12.7. The van der Waals surface area contributed by atoms with Gasteiger partial charge in [-0.15, -0.1) is 0 Å². The largest absolute Gasteiger partial charge is 1.00 e. The van der Waals surface area contributed by atoms with Crippen LogP contribution >= 0.6 is 0 Å². The van der Waals surface area contributed by atoms with Gasteiger partial charge in [0.05, 0.1) is 0 Å². The Hall–Kier alpha value is -0.310. The Bertz CT molecular complexity index is 320. The van der Waals surface area contributed by atoms with E-state index in [-0.39, 0.29) is 9.41 Å². The normalized spacial score (nSPS) is 18.1. The van der Waals surface area contributed by atoms with Crippen LogP contribution in [0.2, 0.25) is 0 Å². The summed E-state index contributed by atoms with van der Waals surface area (Å²) >= 11 is 1.20. The minimum absolute atomic E-state index is 0. The summed E-state index contributed by atoms with van der Waals surface area (Å²) in [6, 6.07) is 8.68. The zero-order valence-corrected chi connectivity index (χ0v) is 10.8. The second-order valence-electron chi connectivity index (χ2n) is 2.95. The maximum Gasteiger partial charge on any atom is -1.00 e. The molecule has 0 spiro atoms. The first-order valence-corrected chi connectivity index (χ1v) is 5.61.